The van der Waals surface area contributed by atoms with E-state index in [1.165, 1.54) is 0 Å². The number of aliphatic hydroxyl groups excluding tert-OH is 3. The molecule has 142 valence electrons. The molecule has 0 aliphatic carbocycles. The van der Waals surface area contributed by atoms with Gasteiger partial charge in [-0.1, -0.05) is 0 Å². The normalized spacial score (nSPS) is 34.7. The number of hydrogen-bond acceptors (Lipinski definition) is 7. The van der Waals surface area contributed by atoms with Gasteiger partial charge in [0, 0.05) is 37.6 Å². The van der Waals surface area contributed by atoms with Crippen LogP contribution in [-0.2, 0) is 6.18 Å². The monoisotopic (exact) mass is 381 g/mol. The Balaban J connectivity index is 1.59. The Bertz CT molecular complexity index is 600. The summed E-state index contributed by atoms with van der Waals surface area (Å²) >= 11 is 0.992. The highest BCUT2D eigenvalue weighted by Gasteiger charge is 2.40. The molecule has 2 aliphatic rings. The van der Waals surface area contributed by atoms with E-state index in [2.05, 4.69) is 4.98 Å². The summed E-state index contributed by atoms with van der Waals surface area (Å²) in [4.78, 5) is 7.46. The summed E-state index contributed by atoms with van der Waals surface area (Å²) in [5.41, 5.74) is -0.860. The van der Waals surface area contributed by atoms with Crippen LogP contribution in [0.2, 0.25) is 0 Å². The Hall–Kier alpha value is -0.940. The summed E-state index contributed by atoms with van der Waals surface area (Å²) in [5.74, 6) is 0.204. The molecular formula is C15H22F3N3O3S. The van der Waals surface area contributed by atoms with E-state index in [-0.39, 0.29) is 18.5 Å². The molecule has 5 atom stereocenters. The van der Waals surface area contributed by atoms with Gasteiger partial charge in [-0.15, -0.1) is 11.3 Å². The average molecular weight is 381 g/mol. The van der Waals surface area contributed by atoms with Crippen molar-refractivity contribution in [2.24, 2.45) is 5.92 Å². The number of thiazole rings is 1. The third-order valence-corrected chi connectivity index (χ3v) is 5.97. The molecule has 3 heterocycles. The summed E-state index contributed by atoms with van der Waals surface area (Å²) in [5, 5.41) is 31.0. The van der Waals surface area contributed by atoms with Crippen molar-refractivity contribution >= 4 is 16.5 Å². The number of likely N-dealkylation sites (tertiary alicyclic amines) is 1. The standard InChI is InChI=1S/C15H22F3N3O3S/c1-8-12(23)13(24)10(22)6-21(8)5-9-2-3-20(4-9)14-19-11(7-25-14)15(16,17)18/h7-10,12-13,22-24H,2-6H2,1H3/t8-,9+,10+,12-,13-/m1/s1. The van der Waals surface area contributed by atoms with E-state index in [0.717, 1.165) is 23.1 Å². The molecule has 2 fully saturated rings. The van der Waals surface area contributed by atoms with Crippen molar-refractivity contribution in [3.8, 4) is 0 Å². The number of hydrogen-bond donors (Lipinski definition) is 3. The zero-order chi connectivity index (χ0) is 18.4. The van der Waals surface area contributed by atoms with E-state index < -0.39 is 30.2 Å². The maximum absolute atomic E-state index is 12.7. The Kier molecular flexibility index (Phi) is 5.27. The van der Waals surface area contributed by atoms with Crippen LogP contribution in [0.3, 0.4) is 0 Å². The molecule has 10 heteroatoms. The van der Waals surface area contributed by atoms with Crippen molar-refractivity contribution < 1.29 is 28.5 Å². The van der Waals surface area contributed by atoms with Crippen molar-refractivity contribution in [1.29, 1.82) is 0 Å². The van der Waals surface area contributed by atoms with Crippen LogP contribution in [0.1, 0.15) is 19.0 Å². The maximum atomic E-state index is 12.7. The maximum Gasteiger partial charge on any atom is 0.434 e. The molecule has 3 N–H and O–H groups in total. The van der Waals surface area contributed by atoms with Crippen LogP contribution < -0.4 is 4.90 Å². The predicted octanol–water partition coefficient (Wildman–Crippen LogP) is 0.775. The molecule has 1 aromatic heterocycles. The molecule has 6 nitrogen and oxygen atoms in total. The first-order chi connectivity index (χ1) is 11.7. The van der Waals surface area contributed by atoms with Gasteiger partial charge >= 0.3 is 6.18 Å². The van der Waals surface area contributed by atoms with Crippen LogP contribution in [0, 0.1) is 5.92 Å². The van der Waals surface area contributed by atoms with Gasteiger partial charge in [-0.3, -0.25) is 4.90 Å². The highest BCUT2D eigenvalue weighted by atomic mass is 32.1. The fourth-order valence-electron chi connectivity index (χ4n) is 3.51. The summed E-state index contributed by atoms with van der Waals surface area (Å²) in [6, 6.07) is -0.288. The minimum absolute atomic E-state index is 0.204. The molecule has 25 heavy (non-hydrogen) atoms. The predicted molar refractivity (Wildman–Crippen MR) is 86.5 cm³/mol. The summed E-state index contributed by atoms with van der Waals surface area (Å²) in [6.07, 6.45) is -6.79. The van der Waals surface area contributed by atoms with E-state index in [1.807, 2.05) is 9.80 Å². The van der Waals surface area contributed by atoms with Crippen LogP contribution in [-0.4, -0.2) is 75.7 Å². The van der Waals surface area contributed by atoms with Crippen molar-refractivity contribution in [3.05, 3.63) is 11.1 Å². The minimum Gasteiger partial charge on any atom is -0.389 e. The number of anilines is 1. The van der Waals surface area contributed by atoms with Crippen molar-refractivity contribution in [2.45, 2.75) is 43.9 Å². The zero-order valence-corrected chi connectivity index (χ0v) is 14.5. The van der Waals surface area contributed by atoms with E-state index in [0.29, 0.717) is 24.8 Å². The van der Waals surface area contributed by atoms with Gasteiger partial charge in [-0.05, 0) is 19.3 Å². The Labute approximate surface area is 147 Å². The third-order valence-electron chi connectivity index (χ3n) is 5.07. The van der Waals surface area contributed by atoms with Gasteiger partial charge in [0.15, 0.2) is 10.8 Å². The fraction of sp³-hybridized carbons (Fsp3) is 0.800. The number of piperidine rings is 1. The van der Waals surface area contributed by atoms with Crippen LogP contribution >= 0.6 is 11.3 Å². The van der Waals surface area contributed by atoms with Gasteiger partial charge in [0.1, 0.15) is 6.10 Å². The average Bonchev–Trinajstić information content (AvgIpc) is 3.18. The molecule has 0 saturated carbocycles. The van der Waals surface area contributed by atoms with Gasteiger partial charge in [0.25, 0.3) is 0 Å². The number of halogens is 3. The molecule has 1 aromatic rings. The molecule has 0 radical (unpaired) electrons. The van der Waals surface area contributed by atoms with Crippen LogP contribution in [0.5, 0.6) is 0 Å². The number of aromatic nitrogens is 1. The largest absolute Gasteiger partial charge is 0.434 e. The van der Waals surface area contributed by atoms with Crippen molar-refractivity contribution in [1.82, 2.24) is 9.88 Å². The van der Waals surface area contributed by atoms with E-state index in [9.17, 15) is 28.5 Å². The second kappa shape index (κ2) is 6.99. The lowest BCUT2D eigenvalue weighted by Crippen LogP contribution is -2.60. The molecule has 0 amide bonds. The van der Waals surface area contributed by atoms with Gasteiger partial charge in [0.2, 0.25) is 0 Å². The molecule has 2 aliphatic heterocycles. The van der Waals surface area contributed by atoms with E-state index >= 15 is 0 Å². The smallest absolute Gasteiger partial charge is 0.389 e. The molecule has 2 saturated heterocycles. The van der Waals surface area contributed by atoms with Gasteiger partial charge in [0.05, 0.1) is 12.2 Å². The summed E-state index contributed by atoms with van der Waals surface area (Å²) < 4.78 is 38.0. The minimum atomic E-state index is -4.43. The molecule has 0 spiro atoms. The van der Waals surface area contributed by atoms with Crippen LogP contribution in [0.4, 0.5) is 18.3 Å². The Morgan fingerprint density at radius 1 is 1.24 bits per heavy atom. The lowest BCUT2D eigenvalue weighted by Gasteiger charge is -2.43. The SMILES string of the molecule is C[C@@H]1[C@@H](O)[C@H](O)[C@@H](O)CN1C[C@H]1CCN(c2nc(C(F)(F)F)cs2)C1. The number of alkyl halides is 3. The van der Waals surface area contributed by atoms with Crippen LogP contribution in [0.25, 0.3) is 0 Å². The summed E-state index contributed by atoms with van der Waals surface area (Å²) in [6.45, 7) is 3.89. The number of aliphatic hydroxyl groups is 3. The lowest BCUT2D eigenvalue weighted by molar-refractivity contribution is -0.140. The molecule has 0 bridgehead atoms. The first kappa shape index (κ1) is 18.8. The molecule has 0 aromatic carbocycles. The number of β-amino-alcohol motifs (C(OH)–C–C–N with tert-alkyl or cyclic N) is 1. The van der Waals surface area contributed by atoms with Gasteiger partial charge in [-0.2, -0.15) is 13.2 Å². The highest BCUT2D eigenvalue weighted by Crippen LogP contribution is 2.35. The Morgan fingerprint density at radius 3 is 2.60 bits per heavy atom. The number of rotatable bonds is 3. The lowest BCUT2D eigenvalue weighted by atomic mass is 9.93. The second-order valence-corrected chi connectivity index (χ2v) is 7.69. The number of nitrogens with zero attached hydrogens (tertiary/aromatic N) is 3. The van der Waals surface area contributed by atoms with E-state index in [1.54, 1.807) is 6.92 Å². The van der Waals surface area contributed by atoms with Crippen molar-refractivity contribution in [2.75, 3.05) is 31.1 Å². The highest BCUT2D eigenvalue weighted by molar-refractivity contribution is 7.13. The van der Waals surface area contributed by atoms with Crippen LogP contribution in [0.15, 0.2) is 5.38 Å². The first-order valence-corrected chi connectivity index (χ1v) is 9.10. The molecule has 0 unspecified atom stereocenters. The quantitative estimate of drug-likeness (QED) is 0.718. The second-order valence-electron chi connectivity index (χ2n) is 6.86. The molecule has 3 rings (SSSR count). The summed E-state index contributed by atoms with van der Waals surface area (Å²) in [7, 11) is 0. The molecular weight excluding hydrogens is 359 g/mol. The third kappa shape index (κ3) is 3.92. The Morgan fingerprint density at radius 2 is 1.96 bits per heavy atom. The van der Waals surface area contributed by atoms with Gasteiger partial charge < -0.3 is 20.2 Å². The van der Waals surface area contributed by atoms with E-state index in [4.69, 9.17) is 0 Å². The fourth-order valence-corrected chi connectivity index (χ4v) is 4.38. The van der Waals surface area contributed by atoms with Gasteiger partial charge in [-0.25, -0.2) is 4.98 Å². The first-order valence-electron chi connectivity index (χ1n) is 8.22. The van der Waals surface area contributed by atoms with Crippen molar-refractivity contribution in [3.63, 3.8) is 0 Å². The zero-order valence-electron chi connectivity index (χ0n) is 13.7. The topological polar surface area (TPSA) is 80.1 Å².